The van der Waals surface area contributed by atoms with E-state index in [1.54, 1.807) is 0 Å². The molecule has 3 nitrogen and oxygen atoms in total. The first kappa shape index (κ1) is 13.5. The van der Waals surface area contributed by atoms with Crippen molar-refractivity contribution in [1.29, 1.82) is 0 Å². The number of hydrogen-bond acceptors (Lipinski definition) is 3. The number of hydrogen-bond donors (Lipinski definition) is 2. The second-order valence-corrected chi connectivity index (χ2v) is 5.28. The molecule has 2 atom stereocenters. The Kier molecular flexibility index (Phi) is 4.72. The van der Waals surface area contributed by atoms with Crippen molar-refractivity contribution in [1.82, 2.24) is 0 Å². The molecule has 0 spiro atoms. The highest BCUT2D eigenvalue weighted by molar-refractivity contribution is 6.30. The van der Waals surface area contributed by atoms with Gasteiger partial charge in [-0.3, -0.25) is 0 Å². The number of ether oxygens (including phenoxy) is 1. The highest BCUT2D eigenvalue weighted by Crippen LogP contribution is 2.31. The summed E-state index contributed by atoms with van der Waals surface area (Å²) in [5, 5.41) is 4.24. The van der Waals surface area contributed by atoms with Crippen LogP contribution >= 0.6 is 11.6 Å². The molecule has 1 fully saturated rings. The number of nitrogens with one attached hydrogen (secondary N) is 1. The Hall–Kier alpha value is -0.930. The zero-order chi connectivity index (χ0) is 13.0. The highest BCUT2D eigenvalue weighted by Gasteiger charge is 2.20. The van der Waals surface area contributed by atoms with Crippen LogP contribution in [0.15, 0.2) is 18.2 Å². The maximum atomic E-state index is 6.04. The van der Waals surface area contributed by atoms with Crippen molar-refractivity contribution in [3.05, 3.63) is 23.2 Å². The molecule has 1 aromatic carbocycles. The van der Waals surface area contributed by atoms with E-state index in [0.29, 0.717) is 18.7 Å². The minimum absolute atomic E-state index is 0.311. The Morgan fingerprint density at radius 2 is 2.28 bits per heavy atom. The first-order valence-electron chi connectivity index (χ1n) is 6.63. The SMILES string of the molecule is CCOc1ccc(Cl)cc1NC1CCCC(N)C1. The Morgan fingerprint density at radius 3 is 3.00 bits per heavy atom. The van der Waals surface area contributed by atoms with E-state index in [1.165, 1.54) is 6.42 Å². The summed E-state index contributed by atoms with van der Waals surface area (Å²) in [6.07, 6.45) is 4.49. The normalized spacial score (nSPS) is 23.7. The van der Waals surface area contributed by atoms with E-state index in [4.69, 9.17) is 22.1 Å². The van der Waals surface area contributed by atoms with Crippen molar-refractivity contribution in [2.24, 2.45) is 5.73 Å². The van der Waals surface area contributed by atoms with E-state index in [2.05, 4.69) is 5.32 Å². The summed E-state index contributed by atoms with van der Waals surface area (Å²) in [5.41, 5.74) is 6.98. The number of rotatable bonds is 4. The Morgan fingerprint density at radius 1 is 1.44 bits per heavy atom. The second kappa shape index (κ2) is 6.30. The third kappa shape index (κ3) is 3.53. The molecule has 0 saturated heterocycles. The summed E-state index contributed by atoms with van der Waals surface area (Å²) >= 11 is 6.04. The lowest BCUT2D eigenvalue weighted by molar-refractivity contribution is 0.340. The molecule has 1 aliphatic carbocycles. The quantitative estimate of drug-likeness (QED) is 0.880. The van der Waals surface area contributed by atoms with Gasteiger partial charge in [0.25, 0.3) is 0 Å². The van der Waals surface area contributed by atoms with Gasteiger partial charge in [0.05, 0.1) is 12.3 Å². The predicted molar refractivity (Wildman–Crippen MR) is 76.5 cm³/mol. The van der Waals surface area contributed by atoms with Crippen LogP contribution in [-0.2, 0) is 0 Å². The largest absolute Gasteiger partial charge is 0.492 e. The standard InChI is InChI=1S/C14H21ClN2O/c1-2-18-14-7-6-10(15)8-13(14)17-12-5-3-4-11(16)9-12/h6-8,11-12,17H,2-5,9,16H2,1H3. The average Bonchev–Trinajstić information content (AvgIpc) is 2.33. The van der Waals surface area contributed by atoms with Gasteiger partial charge in [0.1, 0.15) is 5.75 Å². The first-order chi connectivity index (χ1) is 8.69. The minimum atomic E-state index is 0.311. The van der Waals surface area contributed by atoms with E-state index >= 15 is 0 Å². The molecular weight excluding hydrogens is 248 g/mol. The minimum Gasteiger partial charge on any atom is -0.492 e. The molecule has 0 aromatic heterocycles. The van der Waals surface area contributed by atoms with Crippen LogP contribution < -0.4 is 15.8 Å². The molecule has 100 valence electrons. The topological polar surface area (TPSA) is 47.3 Å². The van der Waals surface area contributed by atoms with Crippen molar-refractivity contribution in [2.75, 3.05) is 11.9 Å². The second-order valence-electron chi connectivity index (χ2n) is 4.84. The van der Waals surface area contributed by atoms with Crippen LogP contribution in [0.5, 0.6) is 5.75 Å². The zero-order valence-corrected chi connectivity index (χ0v) is 11.5. The average molecular weight is 269 g/mol. The maximum Gasteiger partial charge on any atom is 0.142 e. The van der Waals surface area contributed by atoms with Gasteiger partial charge in [0.15, 0.2) is 0 Å². The van der Waals surface area contributed by atoms with E-state index < -0.39 is 0 Å². The number of nitrogens with two attached hydrogens (primary N) is 1. The van der Waals surface area contributed by atoms with E-state index in [-0.39, 0.29) is 0 Å². The Bertz CT molecular complexity index is 397. The summed E-state index contributed by atoms with van der Waals surface area (Å²) in [6.45, 7) is 2.63. The van der Waals surface area contributed by atoms with Gasteiger partial charge >= 0.3 is 0 Å². The van der Waals surface area contributed by atoms with Crippen LogP contribution in [0.2, 0.25) is 5.02 Å². The lowest BCUT2D eigenvalue weighted by Gasteiger charge is -2.28. The molecule has 0 amide bonds. The van der Waals surface area contributed by atoms with Crippen molar-refractivity contribution >= 4 is 17.3 Å². The monoisotopic (exact) mass is 268 g/mol. The fourth-order valence-corrected chi connectivity index (χ4v) is 2.65. The molecule has 0 heterocycles. The summed E-state index contributed by atoms with van der Waals surface area (Å²) in [4.78, 5) is 0. The van der Waals surface area contributed by atoms with Crippen LogP contribution in [0.3, 0.4) is 0 Å². The Labute approximate surface area is 114 Å². The summed E-state index contributed by atoms with van der Waals surface area (Å²) in [5.74, 6) is 0.862. The van der Waals surface area contributed by atoms with Gasteiger partial charge in [-0.15, -0.1) is 0 Å². The number of benzene rings is 1. The summed E-state index contributed by atoms with van der Waals surface area (Å²) in [6, 6.07) is 6.42. The van der Waals surface area contributed by atoms with Crippen LogP contribution in [-0.4, -0.2) is 18.7 Å². The zero-order valence-electron chi connectivity index (χ0n) is 10.8. The van der Waals surface area contributed by atoms with Crippen LogP contribution in [0.25, 0.3) is 0 Å². The fraction of sp³-hybridized carbons (Fsp3) is 0.571. The van der Waals surface area contributed by atoms with Crippen molar-refractivity contribution in [3.63, 3.8) is 0 Å². The molecule has 1 aliphatic rings. The van der Waals surface area contributed by atoms with Crippen LogP contribution in [0, 0.1) is 0 Å². The van der Waals surface area contributed by atoms with Gasteiger partial charge in [0, 0.05) is 17.1 Å². The van der Waals surface area contributed by atoms with Gasteiger partial charge in [0.2, 0.25) is 0 Å². The molecule has 1 aromatic rings. The molecule has 3 N–H and O–H groups in total. The van der Waals surface area contributed by atoms with E-state index in [0.717, 1.165) is 35.7 Å². The maximum absolute atomic E-state index is 6.04. The predicted octanol–water partition coefficient (Wildman–Crippen LogP) is 3.42. The highest BCUT2D eigenvalue weighted by atomic mass is 35.5. The number of anilines is 1. The van der Waals surface area contributed by atoms with Gasteiger partial charge in [-0.25, -0.2) is 0 Å². The summed E-state index contributed by atoms with van der Waals surface area (Å²) < 4.78 is 5.61. The third-order valence-corrected chi connectivity index (χ3v) is 3.55. The number of halogens is 1. The van der Waals surface area contributed by atoms with Crippen LogP contribution in [0.1, 0.15) is 32.6 Å². The van der Waals surface area contributed by atoms with Gasteiger partial charge < -0.3 is 15.8 Å². The third-order valence-electron chi connectivity index (χ3n) is 3.32. The van der Waals surface area contributed by atoms with Crippen molar-refractivity contribution in [3.8, 4) is 5.75 Å². The smallest absolute Gasteiger partial charge is 0.142 e. The fourth-order valence-electron chi connectivity index (χ4n) is 2.47. The van der Waals surface area contributed by atoms with Crippen molar-refractivity contribution in [2.45, 2.75) is 44.7 Å². The molecule has 0 bridgehead atoms. The van der Waals surface area contributed by atoms with Gasteiger partial charge in [-0.05, 0) is 50.8 Å². The lowest BCUT2D eigenvalue weighted by atomic mass is 9.91. The first-order valence-corrected chi connectivity index (χ1v) is 7.01. The molecular formula is C14H21ClN2O. The Balaban J connectivity index is 2.08. The molecule has 2 rings (SSSR count). The summed E-state index contributed by atoms with van der Waals surface area (Å²) in [7, 11) is 0. The van der Waals surface area contributed by atoms with Gasteiger partial charge in [-0.2, -0.15) is 0 Å². The van der Waals surface area contributed by atoms with Gasteiger partial charge in [-0.1, -0.05) is 11.6 Å². The van der Waals surface area contributed by atoms with E-state index in [1.807, 2.05) is 25.1 Å². The molecule has 0 radical (unpaired) electrons. The molecule has 2 unspecified atom stereocenters. The van der Waals surface area contributed by atoms with Crippen LogP contribution in [0.4, 0.5) is 5.69 Å². The molecule has 18 heavy (non-hydrogen) atoms. The van der Waals surface area contributed by atoms with E-state index in [9.17, 15) is 0 Å². The molecule has 0 aliphatic heterocycles. The van der Waals surface area contributed by atoms with Crippen molar-refractivity contribution < 1.29 is 4.74 Å². The lowest BCUT2D eigenvalue weighted by Crippen LogP contribution is -2.34. The molecule has 4 heteroatoms. The molecule has 1 saturated carbocycles.